The lowest BCUT2D eigenvalue weighted by atomic mass is 10.1. The minimum atomic E-state index is 0.440. The third-order valence-electron chi connectivity index (χ3n) is 2.75. The van der Waals surface area contributed by atoms with E-state index in [9.17, 15) is 0 Å². The van der Waals surface area contributed by atoms with E-state index in [-0.39, 0.29) is 0 Å². The van der Waals surface area contributed by atoms with Gasteiger partial charge in [-0.1, -0.05) is 12.8 Å². The van der Waals surface area contributed by atoms with E-state index in [1.807, 2.05) is 0 Å². The molecule has 0 aromatic heterocycles. The SMILES string of the molecule is COCCOCC(C)NC(C)CC1CC1. The highest BCUT2D eigenvalue weighted by Gasteiger charge is 2.23. The van der Waals surface area contributed by atoms with Crippen molar-refractivity contribution in [3.63, 3.8) is 0 Å². The first-order chi connectivity index (χ1) is 7.22. The fourth-order valence-electron chi connectivity index (χ4n) is 1.86. The molecule has 1 aliphatic rings. The molecule has 0 radical (unpaired) electrons. The highest BCUT2D eigenvalue weighted by molar-refractivity contribution is 4.79. The molecule has 1 N–H and O–H groups in total. The van der Waals surface area contributed by atoms with Gasteiger partial charge in [0.15, 0.2) is 0 Å². The average Bonchev–Trinajstić information content (AvgIpc) is 2.96. The molecule has 1 rings (SSSR count). The first-order valence-electron chi connectivity index (χ1n) is 6.05. The van der Waals surface area contributed by atoms with Crippen LogP contribution in [-0.2, 0) is 9.47 Å². The molecule has 0 amide bonds. The fourth-order valence-corrected chi connectivity index (χ4v) is 1.86. The van der Waals surface area contributed by atoms with Crippen LogP contribution in [0.4, 0.5) is 0 Å². The summed E-state index contributed by atoms with van der Waals surface area (Å²) in [6.45, 7) is 6.60. The first kappa shape index (κ1) is 12.9. The number of nitrogens with one attached hydrogen (secondary N) is 1. The van der Waals surface area contributed by atoms with Crippen molar-refractivity contribution in [2.24, 2.45) is 5.92 Å². The Bertz CT molecular complexity index is 160. The number of ether oxygens (including phenoxy) is 2. The van der Waals surface area contributed by atoms with E-state index < -0.39 is 0 Å². The predicted molar refractivity (Wildman–Crippen MR) is 62.1 cm³/mol. The Labute approximate surface area is 93.5 Å². The second-order valence-electron chi connectivity index (χ2n) is 4.72. The van der Waals surface area contributed by atoms with E-state index in [2.05, 4.69) is 19.2 Å². The summed E-state index contributed by atoms with van der Waals surface area (Å²) in [5, 5.41) is 3.56. The van der Waals surface area contributed by atoms with Crippen LogP contribution in [-0.4, -0.2) is 39.0 Å². The van der Waals surface area contributed by atoms with E-state index in [1.165, 1.54) is 19.3 Å². The Balaban J connectivity index is 1.93. The molecule has 0 aliphatic heterocycles. The van der Waals surface area contributed by atoms with Gasteiger partial charge in [-0.05, 0) is 26.2 Å². The van der Waals surface area contributed by atoms with Crippen LogP contribution in [0, 0.1) is 5.92 Å². The van der Waals surface area contributed by atoms with Crippen LogP contribution in [0.2, 0.25) is 0 Å². The molecule has 0 heterocycles. The van der Waals surface area contributed by atoms with E-state index in [4.69, 9.17) is 9.47 Å². The van der Waals surface area contributed by atoms with Gasteiger partial charge in [-0.2, -0.15) is 0 Å². The van der Waals surface area contributed by atoms with Crippen LogP contribution in [0.3, 0.4) is 0 Å². The smallest absolute Gasteiger partial charge is 0.0701 e. The van der Waals surface area contributed by atoms with E-state index in [0.29, 0.717) is 25.3 Å². The molecule has 90 valence electrons. The third-order valence-corrected chi connectivity index (χ3v) is 2.75. The maximum Gasteiger partial charge on any atom is 0.0701 e. The molecule has 1 saturated carbocycles. The second-order valence-corrected chi connectivity index (χ2v) is 4.72. The largest absolute Gasteiger partial charge is 0.382 e. The van der Waals surface area contributed by atoms with Crippen LogP contribution in [0.15, 0.2) is 0 Å². The highest BCUT2D eigenvalue weighted by Crippen LogP contribution is 2.33. The lowest BCUT2D eigenvalue weighted by Gasteiger charge is -2.19. The summed E-state index contributed by atoms with van der Waals surface area (Å²) in [5.74, 6) is 0.995. The van der Waals surface area contributed by atoms with Crippen molar-refractivity contribution in [1.82, 2.24) is 5.32 Å². The quantitative estimate of drug-likeness (QED) is 0.595. The Hall–Kier alpha value is -0.120. The molecule has 3 heteroatoms. The molecule has 0 aromatic rings. The maximum atomic E-state index is 5.47. The molecular weight excluding hydrogens is 190 g/mol. The van der Waals surface area contributed by atoms with Gasteiger partial charge in [0, 0.05) is 19.2 Å². The second kappa shape index (κ2) is 7.20. The summed E-state index contributed by atoms with van der Waals surface area (Å²) in [6.07, 6.45) is 4.19. The molecule has 0 spiro atoms. The van der Waals surface area contributed by atoms with Crippen molar-refractivity contribution < 1.29 is 9.47 Å². The number of hydrogen-bond acceptors (Lipinski definition) is 3. The Morgan fingerprint density at radius 3 is 2.53 bits per heavy atom. The molecule has 1 fully saturated rings. The molecule has 1 aliphatic carbocycles. The summed E-state index contributed by atoms with van der Waals surface area (Å²) in [7, 11) is 1.70. The summed E-state index contributed by atoms with van der Waals surface area (Å²) < 4.78 is 10.4. The van der Waals surface area contributed by atoms with E-state index >= 15 is 0 Å². The molecular formula is C12H25NO2. The third kappa shape index (κ3) is 6.88. The fraction of sp³-hybridized carbons (Fsp3) is 1.00. The van der Waals surface area contributed by atoms with Crippen LogP contribution >= 0.6 is 0 Å². The van der Waals surface area contributed by atoms with Gasteiger partial charge in [0.2, 0.25) is 0 Å². The van der Waals surface area contributed by atoms with Gasteiger partial charge >= 0.3 is 0 Å². The summed E-state index contributed by atoms with van der Waals surface area (Å²) >= 11 is 0. The van der Waals surface area contributed by atoms with Crippen LogP contribution in [0.1, 0.15) is 33.1 Å². The topological polar surface area (TPSA) is 30.5 Å². The van der Waals surface area contributed by atoms with Crippen LogP contribution in [0.5, 0.6) is 0 Å². The van der Waals surface area contributed by atoms with Gasteiger partial charge in [-0.15, -0.1) is 0 Å². The normalized spacial score (nSPS) is 20.2. The number of methoxy groups -OCH3 is 1. The van der Waals surface area contributed by atoms with E-state index in [0.717, 1.165) is 12.5 Å². The van der Waals surface area contributed by atoms with Crippen molar-refractivity contribution in [2.45, 2.75) is 45.2 Å². The maximum absolute atomic E-state index is 5.47. The van der Waals surface area contributed by atoms with Gasteiger partial charge in [0.05, 0.1) is 19.8 Å². The zero-order valence-corrected chi connectivity index (χ0v) is 10.3. The number of hydrogen-bond donors (Lipinski definition) is 1. The van der Waals surface area contributed by atoms with Gasteiger partial charge in [0.1, 0.15) is 0 Å². The first-order valence-corrected chi connectivity index (χ1v) is 6.05. The zero-order chi connectivity index (χ0) is 11.1. The molecule has 0 bridgehead atoms. The van der Waals surface area contributed by atoms with Crippen molar-refractivity contribution in [3.05, 3.63) is 0 Å². The highest BCUT2D eigenvalue weighted by atomic mass is 16.5. The lowest BCUT2D eigenvalue weighted by Crippen LogP contribution is -2.38. The van der Waals surface area contributed by atoms with Crippen molar-refractivity contribution in [2.75, 3.05) is 26.9 Å². The summed E-state index contributed by atoms with van der Waals surface area (Å²) in [4.78, 5) is 0. The van der Waals surface area contributed by atoms with Gasteiger partial charge < -0.3 is 14.8 Å². The Kier molecular flexibility index (Phi) is 6.22. The van der Waals surface area contributed by atoms with Crippen molar-refractivity contribution in [3.8, 4) is 0 Å². The van der Waals surface area contributed by atoms with Crippen molar-refractivity contribution >= 4 is 0 Å². The Morgan fingerprint density at radius 2 is 1.93 bits per heavy atom. The van der Waals surface area contributed by atoms with Crippen molar-refractivity contribution in [1.29, 1.82) is 0 Å². The van der Waals surface area contributed by atoms with Crippen LogP contribution < -0.4 is 5.32 Å². The molecule has 0 saturated heterocycles. The molecule has 2 atom stereocenters. The van der Waals surface area contributed by atoms with Gasteiger partial charge in [-0.3, -0.25) is 0 Å². The lowest BCUT2D eigenvalue weighted by molar-refractivity contribution is 0.0594. The number of rotatable bonds is 9. The Morgan fingerprint density at radius 1 is 1.20 bits per heavy atom. The monoisotopic (exact) mass is 215 g/mol. The molecule has 2 unspecified atom stereocenters. The summed E-state index contributed by atoms with van der Waals surface area (Å²) in [5.41, 5.74) is 0. The molecule has 0 aromatic carbocycles. The summed E-state index contributed by atoms with van der Waals surface area (Å²) in [6, 6.07) is 1.06. The molecule has 3 nitrogen and oxygen atoms in total. The minimum Gasteiger partial charge on any atom is -0.382 e. The van der Waals surface area contributed by atoms with Gasteiger partial charge in [-0.25, -0.2) is 0 Å². The zero-order valence-electron chi connectivity index (χ0n) is 10.3. The average molecular weight is 215 g/mol. The van der Waals surface area contributed by atoms with E-state index in [1.54, 1.807) is 7.11 Å². The van der Waals surface area contributed by atoms with Crippen LogP contribution in [0.25, 0.3) is 0 Å². The predicted octanol–water partition coefficient (Wildman–Crippen LogP) is 1.82. The minimum absolute atomic E-state index is 0.440. The standard InChI is InChI=1S/C12H25NO2/c1-10(8-12-4-5-12)13-11(2)9-15-7-6-14-3/h10-13H,4-9H2,1-3H3. The van der Waals surface area contributed by atoms with Gasteiger partial charge in [0.25, 0.3) is 0 Å². The molecule has 15 heavy (non-hydrogen) atoms.